The maximum absolute atomic E-state index is 2.66. The Morgan fingerprint density at radius 1 is 0.651 bits per heavy atom. The molecular formula is C40H48Cl2Zr. The Balaban J connectivity index is 0.00000169. The zero-order valence-corrected chi connectivity index (χ0v) is 31.7. The summed E-state index contributed by atoms with van der Waals surface area (Å²) >= 11 is 0. The maximum Gasteiger partial charge on any atom is 2.00 e. The summed E-state index contributed by atoms with van der Waals surface area (Å²) < 4.78 is 0. The van der Waals surface area contributed by atoms with Crippen LogP contribution in [0.5, 0.6) is 0 Å². The molecule has 3 unspecified atom stereocenters. The van der Waals surface area contributed by atoms with Crippen LogP contribution in [0, 0.1) is 16.7 Å². The smallest absolute Gasteiger partial charge is 1.00 e. The van der Waals surface area contributed by atoms with Gasteiger partial charge in [0.1, 0.15) is 0 Å². The number of allylic oxidation sites excluding steroid dienone is 4. The molecule has 0 heterocycles. The van der Waals surface area contributed by atoms with Crippen molar-refractivity contribution < 1.29 is 51.0 Å². The molecule has 0 aliphatic heterocycles. The standard InChI is InChI=1S/C40H48.2ClH.Zr/c1-37(2,3)26-16-18-29-31(20-26)32-21-27(38(4,5)6)17-19-30(32)36(29)40(10)24-34(25-14-12-11-13-15-25)33-22-28(23-35(33)40)39(7,8)9;;;/h11-23,34-36H,24H2,1-10H3;2*1H;/q;;;+2/p-2. The number of benzene rings is 3. The molecule has 0 spiro atoms. The first-order valence-corrected chi connectivity index (χ1v) is 15.4. The van der Waals surface area contributed by atoms with Crippen LogP contribution in [0.25, 0.3) is 11.1 Å². The van der Waals surface area contributed by atoms with E-state index in [-0.39, 0.29) is 72.7 Å². The molecule has 3 aliphatic rings. The van der Waals surface area contributed by atoms with E-state index in [1.54, 1.807) is 5.57 Å². The van der Waals surface area contributed by atoms with E-state index in [1.807, 2.05) is 0 Å². The van der Waals surface area contributed by atoms with E-state index in [0.29, 0.717) is 17.8 Å². The van der Waals surface area contributed by atoms with Crippen LogP contribution in [-0.4, -0.2) is 0 Å². The van der Waals surface area contributed by atoms with Crippen LogP contribution in [0.3, 0.4) is 0 Å². The van der Waals surface area contributed by atoms with Crippen molar-refractivity contribution in [3.05, 3.63) is 118 Å². The van der Waals surface area contributed by atoms with Crippen LogP contribution in [0.4, 0.5) is 0 Å². The molecule has 0 saturated heterocycles. The van der Waals surface area contributed by atoms with Crippen LogP contribution < -0.4 is 24.8 Å². The van der Waals surface area contributed by atoms with Crippen LogP contribution >= 0.6 is 0 Å². The number of fused-ring (bicyclic) bond motifs is 4. The Labute approximate surface area is 293 Å². The number of halogens is 2. The number of hydrogen-bond donors (Lipinski definition) is 0. The molecule has 0 aromatic heterocycles. The van der Waals surface area contributed by atoms with Gasteiger partial charge in [0.15, 0.2) is 0 Å². The molecule has 1 fully saturated rings. The minimum atomic E-state index is 0. The third-order valence-electron chi connectivity index (χ3n) is 10.3. The SMILES string of the molecule is CC(C)(C)C1=CC2C(=C1)C(c1ccccc1)CC2(C)C1c2ccc(C(C)(C)C)cc2-c2cc(C(C)(C)C)ccc21.[Cl-].[Cl-].[Zr+2]. The van der Waals surface area contributed by atoms with Gasteiger partial charge >= 0.3 is 26.2 Å². The van der Waals surface area contributed by atoms with Crippen molar-refractivity contribution in [3.63, 3.8) is 0 Å². The van der Waals surface area contributed by atoms with E-state index in [1.165, 1.54) is 50.9 Å². The summed E-state index contributed by atoms with van der Waals surface area (Å²) in [4.78, 5) is 0. The third kappa shape index (κ3) is 6.10. The van der Waals surface area contributed by atoms with Gasteiger partial charge in [0.05, 0.1) is 0 Å². The third-order valence-corrected chi connectivity index (χ3v) is 10.3. The van der Waals surface area contributed by atoms with Crippen LogP contribution in [-0.2, 0) is 37.0 Å². The first-order chi connectivity index (χ1) is 18.6. The Kier molecular flexibility index (Phi) is 10.1. The van der Waals surface area contributed by atoms with E-state index in [4.69, 9.17) is 0 Å². The molecule has 43 heavy (non-hydrogen) atoms. The predicted octanol–water partition coefficient (Wildman–Crippen LogP) is 5.12. The number of rotatable bonds is 2. The fourth-order valence-electron chi connectivity index (χ4n) is 7.82. The molecule has 1 saturated carbocycles. The van der Waals surface area contributed by atoms with E-state index >= 15 is 0 Å². The molecule has 3 atom stereocenters. The summed E-state index contributed by atoms with van der Waals surface area (Å²) in [7, 11) is 0. The summed E-state index contributed by atoms with van der Waals surface area (Å²) in [5, 5.41) is 0. The molecule has 0 amide bonds. The topological polar surface area (TPSA) is 0 Å². The van der Waals surface area contributed by atoms with Gasteiger partial charge in [0, 0.05) is 17.8 Å². The van der Waals surface area contributed by atoms with Crippen LogP contribution in [0.1, 0.15) is 115 Å². The van der Waals surface area contributed by atoms with E-state index < -0.39 is 0 Å². The van der Waals surface area contributed by atoms with Gasteiger partial charge in [-0.1, -0.05) is 154 Å². The Bertz CT molecular complexity index is 1480. The summed E-state index contributed by atoms with van der Waals surface area (Å²) in [5.41, 5.74) is 13.9. The average molecular weight is 691 g/mol. The minimum absolute atomic E-state index is 0. The van der Waals surface area contributed by atoms with Crippen molar-refractivity contribution in [2.75, 3.05) is 0 Å². The monoisotopic (exact) mass is 688 g/mol. The first kappa shape index (κ1) is 36.1. The van der Waals surface area contributed by atoms with Gasteiger partial charge in [-0.3, -0.25) is 0 Å². The molecule has 0 nitrogen and oxygen atoms in total. The van der Waals surface area contributed by atoms with E-state index in [2.05, 4.69) is 148 Å². The van der Waals surface area contributed by atoms with Gasteiger partial charge in [0.25, 0.3) is 0 Å². The predicted molar refractivity (Wildman–Crippen MR) is 172 cm³/mol. The number of hydrogen-bond acceptors (Lipinski definition) is 0. The second-order valence-electron chi connectivity index (χ2n) is 16.2. The second-order valence-corrected chi connectivity index (χ2v) is 16.2. The normalized spacial score (nSPS) is 22.7. The van der Waals surface area contributed by atoms with Crippen molar-refractivity contribution in [2.24, 2.45) is 16.7 Å². The largest absolute Gasteiger partial charge is 2.00 e. The van der Waals surface area contributed by atoms with Crippen molar-refractivity contribution in [1.29, 1.82) is 0 Å². The molecular weight excluding hydrogens is 643 g/mol. The maximum atomic E-state index is 2.66. The Morgan fingerprint density at radius 3 is 1.58 bits per heavy atom. The van der Waals surface area contributed by atoms with Gasteiger partial charge in [-0.05, 0) is 72.6 Å². The second kappa shape index (κ2) is 12.1. The molecule has 0 radical (unpaired) electrons. The summed E-state index contributed by atoms with van der Waals surface area (Å²) in [5.74, 6) is 1.28. The van der Waals surface area contributed by atoms with Crippen molar-refractivity contribution in [3.8, 4) is 11.1 Å². The Morgan fingerprint density at radius 2 is 1.14 bits per heavy atom. The molecule has 0 N–H and O–H groups in total. The van der Waals surface area contributed by atoms with Gasteiger partial charge in [0.2, 0.25) is 0 Å². The fourth-order valence-corrected chi connectivity index (χ4v) is 7.82. The molecule has 6 rings (SSSR count). The zero-order chi connectivity index (χ0) is 28.8. The molecule has 3 aliphatic carbocycles. The van der Waals surface area contributed by atoms with E-state index in [0.717, 1.165) is 0 Å². The van der Waals surface area contributed by atoms with Gasteiger partial charge in [-0.2, -0.15) is 0 Å². The quantitative estimate of drug-likeness (QED) is 0.351. The Hall–Kier alpha value is -1.40. The molecule has 0 bridgehead atoms. The van der Waals surface area contributed by atoms with Gasteiger partial charge in [-0.25, -0.2) is 0 Å². The summed E-state index contributed by atoms with van der Waals surface area (Å²) in [6.07, 6.45) is 6.41. The first-order valence-electron chi connectivity index (χ1n) is 15.4. The van der Waals surface area contributed by atoms with Crippen molar-refractivity contribution in [2.45, 2.75) is 98.3 Å². The fraction of sp³-hybridized carbons (Fsp3) is 0.450. The molecule has 3 aromatic rings. The van der Waals surface area contributed by atoms with Crippen LogP contribution in [0.15, 0.2) is 90.0 Å². The van der Waals surface area contributed by atoms with Crippen molar-refractivity contribution in [1.82, 2.24) is 0 Å². The summed E-state index contributed by atoms with van der Waals surface area (Å²) in [6, 6.07) is 26.2. The average Bonchev–Trinajstić information content (AvgIpc) is 3.53. The van der Waals surface area contributed by atoms with Gasteiger partial charge < -0.3 is 24.8 Å². The van der Waals surface area contributed by atoms with Crippen molar-refractivity contribution >= 4 is 0 Å². The zero-order valence-electron chi connectivity index (χ0n) is 27.7. The van der Waals surface area contributed by atoms with Gasteiger partial charge in [-0.15, -0.1) is 0 Å². The molecule has 3 heteroatoms. The minimum Gasteiger partial charge on any atom is -1.00 e. The molecule has 226 valence electrons. The molecule has 3 aromatic carbocycles. The summed E-state index contributed by atoms with van der Waals surface area (Å²) in [6.45, 7) is 23.7. The van der Waals surface area contributed by atoms with E-state index in [9.17, 15) is 0 Å². The van der Waals surface area contributed by atoms with Crippen LogP contribution in [0.2, 0.25) is 0 Å².